The SMILES string of the molecule is CCC1SCCSC1c1noc([C@H](N)Cc2cnc[nH]2)n1. The summed E-state index contributed by atoms with van der Waals surface area (Å²) < 4.78 is 5.38. The zero-order chi connectivity index (χ0) is 14.7. The van der Waals surface area contributed by atoms with Gasteiger partial charge in [-0.25, -0.2) is 4.98 Å². The average molecular weight is 325 g/mol. The van der Waals surface area contributed by atoms with Crippen LogP contribution in [0.3, 0.4) is 0 Å². The Morgan fingerprint density at radius 2 is 2.33 bits per heavy atom. The van der Waals surface area contributed by atoms with E-state index in [2.05, 4.69) is 27.0 Å². The number of H-pyrrole nitrogens is 1. The van der Waals surface area contributed by atoms with Gasteiger partial charge < -0.3 is 15.2 Å². The van der Waals surface area contributed by atoms with Gasteiger partial charge in [-0.15, -0.1) is 11.8 Å². The van der Waals surface area contributed by atoms with Crippen molar-refractivity contribution < 1.29 is 4.52 Å². The summed E-state index contributed by atoms with van der Waals surface area (Å²) in [5.41, 5.74) is 7.11. The first-order valence-electron chi connectivity index (χ1n) is 7.07. The molecule has 3 N–H and O–H groups in total. The molecule has 8 heteroatoms. The number of nitrogens with two attached hydrogens (primary N) is 1. The van der Waals surface area contributed by atoms with Crippen molar-refractivity contribution >= 4 is 23.5 Å². The number of nitrogens with one attached hydrogen (secondary N) is 1. The first-order chi connectivity index (χ1) is 10.3. The van der Waals surface area contributed by atoms with Gasteiger partial charge in [0.1, 0.15) is 0 Å². The lowest BCUT2D eigenvalue weighted by molar-refractivity contribution is 0.349. The van der Waals surface area contributed by atoms with Gasteiger partial charge in [0.05, 0.1) is 17.6 Å². The molecule has 1 saturated heterocycles. The molecular formula is C13H19N5OS2. The Labute approximate surface area is 132 Å². The van der Waals surface area contributed by atoms with E-state index < -0.39 is 0 Å². The standard InChI is InChI=1S/C13H19N5OS2/c1-2-10-11(21-4-3-20-10)12-17-13(19-18-12)9(14)5-8-6-15-7-16-8/h6-7,9-11H,2-5,14H2,1H3,(H,15,16)/t9-,10?,11?/m1/s1. The molecule has 0 aromatic carbocycles. The first kappa shape index (κ1) is 14.9. The number of rotatable bonds is 5. The van der Waals surface area contributed by atoms with E-state index in [0.717, 1.165) is 23.7 Å². The molecule has 1 fully saturated rings. The topological polar surface area (TPSA) is 93.6 Å². The lowest BCUT2D eigenvalue weighted by Crippen LogP contribution is -2.20. The van der Waals surface area contributed by atoms with Gasteiger partial charge in [-0.3, -0.25) is 0 Å². The molecule has 0 saturated carbocycles. The molecule has 0 aliphatic carbocycles. The third kappa shape index (κ3) is 3.44. The summed E-state index contributed by atoms with van der Waals surface area (Å²) in [6.07, 6.45) is 5.14. The molecule has 2 aromatic rings. The van der Waals surface area contributed by atoms with Gasteiger partial charge in [0.2, 0.25) is 5.89 Å². The number of nitrogens with zero attached hydrogens (tertiary/aromatic N) is 3. The molecule has 0 radical (unpaired) electrons. The lowest BCUT2D eigenvalue weighted by Gasteiger charge is -2.27. The van der Waals surface area contributed by atoms with Crippen molar-refractivity contribution in [3.63, 3.8) is 0 Å². The van der Waals surface area contributed by atoms with E-state index >= 15 is 0 Å². The molecule has 0 bridgehead atoms. The molecule has 3 atom stereocenters. The highest BCUT2D eigenvalue weighted by Gasteiger charge is 2.31. The van der Waals surface area contributed by atoms with Crippen LogP contribution < -0.4 is 5.73 Å². The zero-order valence-electron chi connectivity index (χ0n) is 11.9. The second-order valence-corrected chi connectivity index (χ2v) is 7.58. The largest absolute Gasteiger partial charge is 0.348 e. The molecular weight excluding hydrogens is 306 g/mol. The van der Waals surface area contributed by atoms with E-state index in [1.165, 1.54) is 5.75 Å². The molecule has 0 amide bonds. The fourth-order valence-corrected chi connectivity index (χ4v) is 5.36. The van der Waals surface area contributed by atoms with Crippen LogP contribution >= 0.6 is 23.5 Å². The maximum atomic E-state index is 6.14. The van der Waals surface area contributed by atoms with E-state index in [1.54, 1.807) is 12.5 Å². The molecule has 1 aliphatic rings. The summed E-state index contributed by atoms with van der Waals surface area (Å²) in [4.78, 5) is 11.6. The van der Waals surface area contributed by atoms with Gasteiger partial charge in [0, 0.05) is 35.1 Å². The minimum Gasteiger partial charge on any atom is -0.348 e. The van der Waals surface area contributed by atoms with Crippen LogP contribution in [0.25, 0.3) is 0 Å². The van der Waals surface area contributed by atoms with Gasteiger partial charge in [0.25, 0.3) is 0 Å². The van der Waals surface area contributed by atoms with E-state index in [0.29, 0.717) is 22.8 Å². The number of hydrogen-bond donors (Lipinski definition) is 2. The van der Waals surface area contributed by atoms with Gasteiger partial charge in [-0.05, 0) is 6.42 Å². The van der Waals surface area contributed by atoms with Crippen molar-refractivity contribution in [2.75, 3.05) is 11.5 Å². The summed E-state index contributed by atoms with van der Waals surface area (Å²) in [6.45, 7) is 2.21. The van der Waals surface area contributed by atoms with Crippen molar-refractivity contribution in [3.8, 4) is 0 Å². The smallest absolute Gasteiger partial charge is 0.244 e. The third-order valence-electron chi connectivity index (χ3n) is 3.48. The number of imidazole rings is 1. The van der Waals surface area contributed by atoms with Crippen LogP contribution in [0.1, 0.15) is 42.0 Å². The Hall–Kier alpha value is -0.990. The van der Waals surface area contributed by atoms with Gasteiger partial charge in [0.15, 0.2) is 5.82 Å². The number of aromatic amines is 1. The summed E-state index contributed by atoms with van der Waals surface area (Å²) in [5, 5.41) is 5.03. The van der Waals surface area contributed by atoms with Gasteiger partial charge >= 0.3 is 0 Å². The summed E-state index contributed by atoms with van der Waals surface area (Å²) >= 11 is 3.92. The summed E-state index contributed by atoms with van der Waals surface area (Å²) in [6, 6.07) is -0.298. The van der Waals surface area contributed by atoms with Gasteiger partial charge in [-0.2, -0.15) is 16.7 Å². The molecule has 0 spiro atoms. The van der Waals surface area contributed by atoms with Crippen LogP contribution in [0.2, 0.25) is 0 Å². The van der Waals surface area contributed by atoms with E-state index in [1.807, 2.05) is 23.5 Å². The molecule has 3 rings (SSSR count). The summed E-state index contributed by atoms with van der Waals surface area (Å²) in [5.74, 6) is 3.62. The average Bonchev–Trinajstić information content (AvgIpc) is 3.18. The Morgan fingerprint density at radius 1 is 1.48 bits per heavy atom. The first-order valence-corrected chi connectivity index (χ1v) is 9.17. The maximum Gasteiger partial charge on any atom is 0.244 e. The second-order valence-electron chi connectivity index (χ2n) is 4.99. The van der Waals surface area contributed by atoms with Crippen LogP contribution in [0.5, 0.6) is 0 Å². The Kier molecular flexibility index (Phi) is 4.87. The van der Waals surface area contributed by atoms with E-state index in [-0.39, 0.29) is 6.04 Å². The second kappa shape index (κ2) is 6.85. The predicted molar refractivity (Wildman–Crippen MR) is 85.3 cm³/mol. The summed E-state index contributed by atoms with van der Waals surface area (Å²) in [7, 11) is 0. The van der Waals surface area contributed by atoms with Crippen LogP contribution in [0, 0.1) is 0 Å². The lowest BCUT2D eigenvalue weighted by atomic mass is 10.2. The molecule has 2 unspecified atom stereocenters. The highest BCUT2D eigenvalue weighted by molar-refractivity contribution is 8.06. The predicted octanol–water partition coefficient (Wildman–Crippen LogP) is 2.33. The highest BCUT2D eigenvalue weighted by atomic mass is 32.2. The number of aromatic nitrogens is 4. The third-order valence-corrected chi connectivity index (χ3v) is 6.72. The molecule has 21 heavy (non-hydrogen) atoms. The molecule has 2 aromatic heterocycles. The van der Waals surface area contributed by atoms with E-state index in [9.17, 15) is 0 Å². The fraction of sp³-hybridized carbons (Fsp3) is 0.615. The fourth-order valence-electron chi connectivity index (χ4n) is 2.38. The van der Waals surface area contributed by atoms with Gasteiger partial charge in [-0.1, -0.05) is 12.1 Å². The van der Waals surface area contributed by atoms with Crippen molar-refractivity contribution in [1.29, 1.82) is 0 Å². The monoisotopic (exact) mass is 325 g/mol. The highest BCUT2D eigenvalue weighted by Crippen LogP contribution is 2.43. The Bertz CT molecular complexity index is 559. The molecule has 6 nitrogen and oxygen atoms in total. The Morgan fingerprint density at radius 3 is 3.10 bits per heavy atom. The molecule has 1 aliphatic heterocycles. The van der Waals surface area contributed by atoms with Crippen LogP contribution in [-0.4, -0.2) is 36.9 Å². The van der Waals surface area contributed by atoms with Crippen molar-refractivity contribution in [2.24, 2.45) is 5.73 Å². The van der Waals surface area contributed by atoms with Crippen LogP contribution in [0.4, 0.5) is 0 Å². The zero-order valence-corrected chi connectivity index (χ0v) is 13.5. The molecule has 114 valence electrons. The Balaban J connectivity index is 1.70. The van der Waals surface area contributed by atoms with Crippen molar-refractivity contribution in [1.82, 2.24) is 20.1 Å². The number of thioether (sulfide) groups is 2. The normalized spacial score (nSPS) is 24.1. The van der Waals surface area contributed by atoms with Crippen molar-refractivity contribution in [3.05, 3.63) is 29.9 Å². The van der Waals surface area contributed by atoms with E-state index in [4.69, 9.17) is 10.3 Å². The minimum atomic E-state index is -0.298. The molecule has 3 heterocycles. The maximum absolute atomic E-state index is 6.14. The minimum absolute atomic E-state index is 0.298. The number of hydrogen-bond acceptors (Lipinski definition) is 7. The van der Waals surface area contributed by atoms with Crippen molar-refractivity contribution in [2.45, 2.75) is 36.3 Å². The van der Waals surface area contributed by atoms with Crippen LogP contribution in [-0.2, 0) is 6.42 Å². The quantitative estimate of drug-likeness (QED) is 0.871. The van der Waals surface area contributed by atoms with Crippen LogP contribution in [0.15, 0.2) is 17.0 Å².